The average Bonchev–Trinajstić information content (AvgIpc) is 3.52. The maximum atomic E-state index is 15.4. The van der Waals surface area contributed by atoms with Crippen LogP contribution in [0, 0.1) is 18.6 Å². The monoisotopic (exact) mass is 475 g/mol. The van der Waals surface area contributed by atoms with Gasteiger partial charge < -0.3 is 5.32 Å². The zero-order chi connectivity index (χ0) is 24.4. The van der Waals surface area contributed by atoms with Crippen LogP contribution in [-0.4, -0.2) is 35.2 Å². The van der Waals surface area contributed by atoms with Gasteiger partial charge >= 0.3 is 5.69 Å². The fraction of sp³-hybridized carbons (Fsp3) is 0.240. The van der Waals surface area contributed by atoms with Gasteiger partial charge in [0, 0.05) is 37.6 Å². The molecule has 0 unspecified atom stereocenters. The van der Waals surface area contributed by atoms with E-state index in [4.69, 9.17) is 5.10 Å². The van der Waals surface area contributed by atoms with Crippen molar-refractivity contribution in [3.8, 4) is 22.6 Å². The molecule has 35 heavy (non-hydrogen) atoms. The lowest BCUT2D eigenvalue weighted by atomic mass is 10.0. The number of fused-ring (bicyclic) bond motifs is 2. The molecule has 8 nitrogen and oxygen atoms in total. The number of benzene rings is 2. The topological polar surface area (TPSA) is 74.6 Å². The molecular formula is C25H23F2N7O. The van der Waals surface area contributed by atoms with Crippen LogP contribution in [-0.2, 0) is 13.6 Å². The predicted molar refractivity (Wildman–Crippen MR) is 128 cm³/mol. The first kappa shape index (κ1) is 21.5. The van der Waals surface area contributed by atoms with Crippen molar-refractivity contribution in [2.75, 3.05) is 6.54 Å². The SMILES string of the molecule is Cc1cc(-c2nn3c(c2-n2ccn(-c4ccc5c(cnn5C)c4F)c2=O)[C@H](C)NCC3)ccc1F. The Kier molecular flexibility index (Phi) is 4.75. The first-order valence-electron chi connectivity index (χ1n) is 11.4. The van der Waals surface area contributed by atoms with Crippen LogP contribution in [0.4, 0.5) is 8.78 Å². The molecule has 0 spiro atoms. The van der Waals surface area contributed by atoms with Crippen LogP contribution >= 0.6 is 0 Å². The molecule has 178 valence electrons. The zero-order valence-electron chi connectivity index (χ0n) is 19.5. The Morgan fingerprint density at radius 2 is 1.91 bits per heavy atom. The molecule has 0 saturated heterocycles. The number of nitrogens with one attached hydrogen (secondary N) is 1. The van der Waals surface area contributed by atoms with Crippen LogP contribution in [0.3, 0.4) is 0 Å². The summed E-state index contributed by atoms with van der Waals surface area (Å²) in [4.78, 5) is 13.7. The lowest BCUT2D eigenvalue weighted by Gasteiger charge is -2.23. The number of halogens is 2. The van der Waals surface area contributed by atoms with Gasteiger partial charge in [0.15, 0.2) is 5.82 Å². The molecule has 0 bridgehead atoms. The molecule has 0 aliphatic carbocycles. The van der Waals surface area contributed by atoms with Gasteiger partial charge in [0.1, 0.15) is 17.2 Å². The van der Waals surface area contributed by atoms with E-state index in [-0.39, 0.29) is 17.5 Å². The van der Waals surface area contributed by atoms with Gasteiger partial charge in [-0.25, -0.2) is 13.6 Å². The zero-order valence-corrected chi connectivity index (χ0v) is 19.5. The fourth-order valence-electron chi connectivity index (χ4n) is 4.87. The second-order valence-electron chi connectivity index (χ2n) is 8.87. The standard InChI is InChI=1S/C25H23F2N7O/c1-14-12-16(4-5-18(14)26)22-24(23-15(2)28-8-9-34(23)30-22)33-11-10-32(25(33)35)20-7-6-19-17(21(20)27)13-29-31(19)3/h4-7,10-13,15,28H,8-9H2,1-3H3/t15-/m0/s1. The lowest BCUT2D eigenvalue weighted by molar-refractivity contribution is 0.419. The molecule has 1 atom stereocenters. The molecule has 2 aromatic carbocycles. The Balaban J connectivity index is 1.58. The van der Waals surface area contributed by atoms with Gasteiger partial charge in [-0.2, -0.15) is 10.2 Å². The molecule has 0 amide bonds. The molecule has 6 rings (SSSR count). The summed E-state index contributed by atoms with van der Waals surface area (Å²) in [6, 6.07) is 8.04. The Labute approximate surface area is 199 Å². The second kappa shape index (κ2) is 7.74. The van der Waals surface area contributed by atoms with Crippen LogP contribution < -0.4 is 11.0 Å². The molecule has 4 heterocycles. The van der Waals surface area contributed by atoms with Gasteiger partial charge in [0.05, 0.1) is 35.0 Å². The highest BCUT2D eigenvalue weighted by atomic mass is 19.1. The Bertz CT molecular complexity index is 1670. The van der Waals surface area contributed by atoms with E-state index in [0.29, 0.717) is 40.0 Å². The summed E-state index contributed by atoms with van der Waals surface area (Å²) >= 11 is 0. The third-order valence-electron chi connectivity index (χ3n) is 6.70. The maximum absolute atomic E-state index is 15.4. The van der Waals surface area contributed by atoms with E-state index >= 15 is 4.39 Å². The van der Waals surface area contributed by atoms with Crippen molar-refractivity contribution in [3.63, 3.8) is 0 Å². The summed E-state index contributed by atoms with van der Waals surface area (Å²) in [7, 11) is 1.74. The van der Waals surface area contributed by atoms with Gasteiger partial charge in [0.25, 0.3) is 0 Å². The quantitative estimate of drug-likeness (QED) is 0.433. The number of hydrogen-bond acceptors (Lipinski definition) is 4. The molecule has 3 aromatic heterocycles. The number of aromatic nitrogens is 6. The highest BCUT2D eigenvalue weighted by Gasteiger charge is 2.29. The number of imidazole rings is 1. The molecule has 0 saturated carbocycles. The van der Waals surface area contributed by atoms with Gasteiger partial charge in [0.2, 0.25) is 0 Å². The van der Waals surface area contributed by atoms with Crippen molar-refractivity contribution in [3.05, 3.63) is 82.3 Å². The predicted octanol–water partition coefficient (Wildman–Crippen LogP) is 3.63. The highest BCUT2D eigenvalue weighted by Crippen LogP contribution is 2.34. The van der Waals surface area contributed by atoms with Crippen LogP contribution in [0.1, 0.15) is 24.2 Å². The maximum Gasteiger partial charge on any atom is 0.337 e. The van der Waals surface area contributed by atoms with Crippen molar-refractivity contribution in [1.29, 1.82) is 0 Å². The van der Waals surface area contributed by atoms with Gasteiger partial charge in [-0.05, 0) is 49.7 Å². The van der Waals surface area contributed by atoms with Gasteiger partial charge in [-0.1, -0.05) is 0 Å². The third-order valence-corrected chi connectivity index (χ3v) is 6.70. The molecular weight excluding hydrogens is 452 g/mol. The third kappa shape index (κ3) is 3.17. The number of hydrogen-bond donors (Lipinski definition) is 1. The van der Waals surface area contributed by atoms with E-state index in [1.54, 1.807) is 55.3 Å². The smallest absolute Gasteiger partial charge is 0.307 e. The van der Waals surface area contributed by atoms with Crippen LogP contribution in [0.5, 0.6) is 0 Å². The minimum atomic E-state index is -0.517. The first-order chi connectivity index (χ1) is 16.8. The van der Waals surface area contributed by atoms with Crippen LogP contribution in [0.15, 0.2) is 53.7 Å². The highest BCUT2D eigenvalue weighted by molar-refractivity contribution is 5.82. The number of aryl methyl sites for hydroxylation is 2. The Morgan fingerprint density at radius 3 is 2.71 bits per heavy atom. The van der Waals surface area contributed by atoms with Gasteiger partial charge in [-0.3, -0.25) is 18.5 Å². The minimum absolute atomic E-state index is 0.0692. The molecule has 1 N–H and O–H groups in total. The summed E-state index contributed by atoms with van der Waals surface area (Å²) in [5.74, 6) is -0.823. The summed E-state index contributed by atoms with van der Waals surface area (Å²) in [5.41, 5.74) is 3.55. The largest absolute Gasteiger partial charge is 0.337 e. The summed E-state index contributed by atoms with van der Waals surface area (Å²) in [5, 5.41) is 12.7. The van der Waals surface area contributed by atoms with Gasteiger partial charge in [-0.15, -0.1) is 0 Å². The molecule has 10 heteroatoms. The molecule has 1 aliphatic heterocycles. The summed E-state index contributed by atoms with van der Waals surface area (Å²) in [6.07, 6.45) is 4.62. The summed E-state index contributed by atoms with van der Waals surface area (Å²) < 4.78 is 35.6. The second-order valence-corrected chi connectivity index (χ2v) is 8.87. The van der Waals surface area contributed by atoms with E-state index in [2.05, 4.69) is 10.4 Å². The van der Waals surface area contributed by atoms with Crippen LogP contribution in [0.2, 0.25) is 0 Å². The van der Waals surface area contributed by atoms with Crippen molar-refractivity contribution in [2.45, 2.75) is 26.4 Å². The van der Waals surface area contributed by atoms with Crippen molar-refractivity contribution < 1.29 is 8.78 Å². The van der Waals surface area contributed by atoms with Crippen molar-refractivity contribution in [2.24, 2.45) is 7.05 Å². The van der Waals surface area contributed by atoms with Crippen molar-refractivity contribution in [1.82, 2.24) is 34.0 Å². The van der Waals surface area contributed by atoms with E-state index in [0.717, 1.165) is 12.2 Å². The minimum Gasteiger partial charge on any atom is -0.307 e. The molecule has 1 aliphatic rings. The fourth-order valence-corrected chi connectivity index (χ4v) is 4.87. The Hall–Kier alpha value is -4.05. The number of rotatable bonds is 3. The number of nitrogens with zero attached hydrogens (tertiary/aromatic N) is 6. The first-order valence-corrected chi connectivity index (χ1v) is 11.4. The van der Waals surface area contributed by atoms with E-state index in [9.17, 15) is 9.18 Å². The molecule has 0 radical (unpaired) electrons. The normalized spacial score (nSPS) is 15.6. The van der Waals surface area contributed by atoms with Crippen LogP contribution in [0.25, 0.3) is 33.5 Å². The Morgan fingerprint density at radius 1 is 1.11 bits per heavy atom. The van der Waals surface area contributed by atoms with Crippen molar-refractivity contribution >= 4 is 10.9 Å². The molecule has 5 aromatic rings. The average molecular weight is 476 g/mol. The van der Waals surface area contributed by atoms with E-state index < -0.39 is 11.5 Å². The van der Waals surface area contributed by atoms with E-state index in [1.807, 2.05) is 11.6 Å². The van der Waals surface area contributed by atoms with E-state index in [1.165, 1.54) is 21.4 Å². The summed E-state index contributed by atoms with van der Waals surface area (Å²) in [6.45, 7) is 5.07. The molecule has 0 fully saturated rings. The lowest BCUT2D eigenvalue weighted by Crippen LogP contribution is -2.33.